The summed E-state index contributed by atoms with van der Waals surface area (Å²) in [6.45, 7) is 0. The molecular weight excluding hydrogens is 420 g/mol. The molecule has 0 atom stereocenters. The molecule has 5 rings (SSSR count). The van der Waals surface area contributed by atoms with E-state index in [1.165, 1.54) is 30.4 Å². The van der Waals surface area contributed by atoms with Gasteiger partial charge in [-0.3, -0.25) is 19.7 Å². The van der Waals surface area contributed by atoms with Crippen molar-refractivity contribution in [2.24, 2.45) is 0 Å². The Balaban J connectivity index is 1.69. The van der Waals surface area contributed by atoms with E-state index in [4.69, 9.17) is 0 Å². The molecule has 0 spiro atoms. The van der Waals surface area contributed by atoms with E-state index >= 15 is 0 Å². The van der Waals surface area contributed by atoms with Crippen molar-refractivity contribution >= 4 is 39.5 Å². The highest BCUT2D eigenvalue weighted by atomic mass is 16.6. The fourth-order valence-electron chi connectivity index (χ4n) is 3.82. The van der Waals surface area contributed by atoms with Gasteiger partial charge in [0.25, 0.3) is 11.2 Å². The van der Waals surface area contributed by atoms with Gasteiger partial charge in [0.05, 0.1) is 21.5 Å². The molecule has 0 fully saturated rings. The van der Waals surface area contributed by atoms with Crippen LogP contribution < -0.4 is 5.56 Å². The number of imidazole rings is 1. The lowest BCUT2D eigenvalue weighted by atomic mass is 9.93. The van der Waals surface area contributed by atoms with Crippen LogP contribution in [-0.2, 0) is 0 Å². The van der Waals surface area contributed by atoms with Crippen molar-refractivity contribution < 1.29 is 9.72 Å². The van der Waals surface area contributed by atoms with E-state index < -0.39 is 16.3 Å². The van der Waals surface area contributed by atoms with Gasteiger partial charge in [-0.1, -0.05) is 42.5 Å². The third kappa shape index (κ3) is 3.70. The quantitative estimate of drug-likeness (QED) is 0.176. The first-order valence-corrected chi connectivity index (χ1v) is 10.1. The Bertz CT molecular complexity index is 1600. The van der Waals surface area contributed by atoms with Crippen LogP contribution in [0.1, 0.15) is 16.2 Å². The number of pyridine rings is 1. The number of rotatable bonds is 5. The van der Waals surface area contributed by atoms with Crippen molar-refractivity contribution in [2.75, 3.05) is 0 Å². The van der Waals surface area contributed by atoms with Gasteiger partial charge in [0.2, 0.25) is 0 Å². The lowest BCUT2D eigenvalue weighted by Gasteiger charge is -2.11. The Labute approximate surface area is 186 Å². The number of aromatic nitrogens is 3. The molecule has 2 heterocycles. The van der Waals surface area contributed by atoms with E-state index in [1.54, 1.807) is 24.3 Å². The molecule has 0 aliphatic heterocycles. The van der Waals surface area contributed by atoms with Gasteiger partial charge in [-0.2, -0.15) is 0 Å². The van der Waals surface area contributed by atoms with Gasteiger partial charge in [0.1, 0.15) is 5.82 Å². The number of allylic oxidation sites excluding steroid dienone is 1. The summed E-state index contributed by atoms with van der Waals surface area (Å²) in [5.74, 6) is -0.0670. The first-order valence-electron chi connectivity index (χ1n) is 10.1. The van der Waals surface area contributed by atoms with Gasteiger partial charge in [-0.05, 0) is 35.9 Å². The van der Waals surface area contributed by atoms with Crippen LogP contribution in [0.4, 0.5) is 5.69 Å². The number of fused-ring (bicyclic) bond motifs is 2. The predicted octanol–water partition coefficient (Wildman–Crippen LogP) is 4.88. The average molecular weight is 436 g/mol. The van der Waals surface area contributed by atoms with Gasteiger partial charge >= 0.3 is 0 Å². The number of nitro benzene ring substituents is 1. The highest BCUT2D eigenvalue weighted by Gasteiger charge is 2.21. The van der Waals surface area contributed by atoms with Crippen molar-refractivity contribution in [3.05, 3.63) is 111 Å². The molecular formula is C25H16N4O4. The Hall–Kier alpha value is -4.85. The molecule has 3 aromatic carbocycles. The molecule has 2 aromatic heterocycles. The van der Waals surface area contributed by atoms with Crippen LogP contribution in [0.15, 0.2) is 83.7 Å². The molecule has 33 heavy (non-hydrogen) atoms. The lowest BCUT2D eigenvalue weighted by Crippen LogP contribution is -2.18. The zero-order chi connectivity index (χ0) is 22.9. The third-order valence-electron chi connectivity index (χ3n) is 5.32. The maximum Gasteiger partial charge on any atom is 0.270 e. The smallest absolute Gasteiger partial charge is 0.270 e. The Morgan fingerprint density at radius 3 is 2.45 bits per heavy atom. The highest BCUT2D eigenvalue weighted by Crippen LogP contribution is 2.32. The highest BCUT2D eigenvalue weighted by molar-refractivity contribution is 6.15. The summed E-state index contributed by atoms with van der Waals surface area (Å²) in [5.41, 5.74) is 2.13. The lowest BCUT2D eigenvalue weighted by molar-refractivity contribution is -0.384. The number of aromatic amines is 2. The number of benzene rings is 3. The van der Waals surface area contributed by atoms with E-state index in [0.717, 1.165) is 11.0 Å². The fraction of sp³-hybridized carbons (Fsp3) is 0. The molecule has 2 N–H and O–H groups in total. The van der Waals surface area contributed by atoms with Gasteiger partial charge < -0.3 is 9.97 Å². The van der Waals surface area contributed by atoms with Gasteiger partial charge in [-0.15, -0.1) is 0 Å². The Morgan fingerprint density at radius 2 is 1.70 bits per heavy atom. The number of nitro groups is 1. The number of nitrogens with zero attached hydrogens (tertiary/aromatic N) is 2. The second kappa shape index (κ2) is 8.01. The average Bonchev–Trinajstić information content (AvgIpc) is 3.25. The number of H-pyrrole nitrogens is 2. The topological polar surface area (TPSA) is 122 Å². The van der Waals surface area contributed by atoms with Crippen molar-refractivity contribution in [1.29, 1.82) is 0 Å². The van der Waals surface area contributed by atoms with Crippen LogP contribution in [0.2, 0.25) is 0 Å². The molecule has 0 saturated carbocycles. The summed E-state index contributed by atoms with van der Waals surface area (Å²) >= 11 is 0. The molecule has 8 nitrogen and oxygen atoms in total. The number of nitrogens with one attached hydrogen (secondary N) is 2. The molecule has 5 aromatic rings. The normalized spacial score (nSPS) is 11.4. The minimum Gasteiger partial charge on any atom is -0.338 e. The summed E-state index contributed by atoms with van der Waals surface area (Å²) in [4.78, 5) is 47.2. The maximum atomic E-state index is 13.2. The number of para-hydroxylation sites is 2. The van der Waals surface area contributed by atoms with Crippen molar-refractivity contribution in [2.45, 2.75) is 0 Å². The van der Waals surface area contributed by atoms with E-state index in [2.05, 4.69) is 15.0 Å². The molecule has 0 bridgehead atoms. The molecule has 0 radical (unpaired) electrons. The van der Waals surface area contributed by atoms with Gasteiger partial charge in [0.15, 0.2) is 5.78 Å². The van der Waals surface area contributed by atoms with E-state index in [-0.39, 0.29) is 11.3 Å². The monoisotopic (exact) mass is 436 g/mol. The number of carbonyl (C=O) groups is 1. The number of hydrogen-bond donors (Lipinski definition) is 2. The summed E-state index contributed by atoms with van der Waals surface area (Å²) in [5, 5.41) is 11.8. The van der Waals surface area contributed by atoms with Crippen molar-refractivity contribution in [3.63, 3.8) is 0 Å². The molecule has 0 unspecified atom stereocenters. The van der Waals surface area contributed by atoms with Crippen LogP contribution in [0, 0.1) is 10.1 Å². The molecule has 8 heteroatoms. The summed E-state index contributed by atoms with van der Waals surface area (Å²) < 4.78 is 0. The first kappa shape index (κ1) is 20.1. The van der Waals surface area contributed by atoms with E-state index in [9.17, 15) is 19.7 Å². The maximum absolute atomic E-state index is 13.2. The molecule has 0 saturated heterocycles. The fourth-order valence-corrected chi connectivity index (χ4v) is 3.82. The van der Waals surface area contributed by atoms with Crippen LogP contribution >= 0.6 is 0 Å². The molecule has 0 amide bonds. The van der Waals surface area contributed by atoms with Crippen molar-refractivity contribution in [3.8, 4) is 11.1 Å². The second-order valence-electron chi connectivity index (χ2n) is 7.39. The number of ketones is 1. The SMILES string of the molecule is O=C(C=Cc1nc2ccccc2[nH]1)c1c(-c2ccccc2)c2cc([N+](=O)[O-])ccc2[nH]c1=O. The summed E-state index contributed by atoms with van der Waals surface area (Å²) in [6.07, 6.45) is 2.78. The summed E-state index contributed by atoms with van der Waals surface area (Å²) in [6, 6.07) is 20.5. The zero-order valence-electron chi connectivity index (χ0n) is 17.1. The summed E-state index contributed by atoms with van der Waals surface area (Å²) in [7, 11) is 0. The van der Waals surface area contributed by atoms with Crippen LogP contribution in [-0.4, -0.2) is 25.7 Å². The van der Waals surface area contributed by atoms with Gasteiger partial charge in [0, 0.05) is 28.6 Å². The predicted molar refractivity (Wildman–Crippen MR) is 126 cm³/mol. The standard InChI is InChI=1S/C25H16N4O4/c30-21(12-13-22-26-19-8-4-5-9-20(19)27-22)24-23(15-6-2-1-3-7-15)17-14-16(29(32)33)10-11-18(17)28-25(24)31/h1-14H,(H,26,27)(H,28,31). The minimum atomic E-state index is -0.575. The largest absolute Gasteiger partial charge is 0.338 e. The third-order valence-corrected chi connectivity index (χ3v) is 5.32. The van der Waals surface area contributed by atoms with E-state index in [0.29, 0.717) is 27.9 Å². The minimum absolute atomic E-state index is 0.0958. The molecule has 0 aliphatic rings. The second-order valence-corrected chi connectivity index (χ2v) is 7.39. The number of carbonyl (C=O) groups excluding carboxylic acids is 1. The van der Waals surface area contributed by atoms with Crippen LogP contribution in [0.3, 0.4) is 0 Å². The Morgan fingerprint density at radius 1 is 0.939 bits per heavy atom. The van der Waals surface area contributed by atoms with Crippen molar-refractivity contribution in [1.82, 2.24) is 15.0 Å². The number of hydrogen-bond acceptors (Lipinski definition) is 5. The van der Waals surface area contributed by atoms with Crippen LogP contribution in [0.25, 0.3) is 39.1 Å². The molecule has 0 aliphatic carbocycles. The van der Waals surface area contributed by atoms with E-state index in [1.807, 2.05) is 30.3 Å². The van der Waals surface area contributed by atoms with Crippen LogP contribution in [0.5, 0.6) is 0 Å². The number of non-ortho nitro benzene ring substituents is 1. The Kier molecular flexibility index (Phi) is 4.87. The van der Waals surface area contributed by atoms with Gasteiger partial charge in [-0.25, -0.2) is 4.98 Å². The zero-order valence-corrected chi connectivity index (χ0v) is 17.1. The molecule has 160 valence electrons. The first-order chi connectivity index (χ1) is 16.0.